The molecular formula is C18H17ClFN5. The van der Waals surface area contributed by atoms with Gasteiger partial charge in [-0.25, -0.2) is 14.4 Å². The Morgan fingerprint density at radius 3 is 2.80 bits per heavy atom. The maximum atomic E-state index is 14.2. The van der Waals surface area contributed by atoms with E-state index in [0.29, 0.717) is 11.5 Å². The monoisotopic (exact) mass is 357 g/mol. The van der Waals surface area contributed by atoms with Crippen LogP contribution >= 0.6 is 11.6 Å². The van der Waals surface area contributed by atoms with Crippen molar-refractivity contribution in [2.24, 2.45) is 0 Å². The lowest BCUT2D eigenvalue weighted by Gasteiger charge is -2.29. The van der Waals surface area contributed by atoms with E-state index in [-0.39, 0.29) is 5.02 Å². The van der Waals surface area contributed by atoms with Crippen molar-refractivity contribution < 1.29 is 4.39 Å². The van der Waals surface area contributed by atoms with Gasteiger partial charge in [0.1, 0.15) is 12.1 Å². The van der Waals surface area contributed by atoms with Gasteiger partial charge in [-0.05, 0) is 30.3 Å². The minimum Gasteiger partial charge on any atom is -0.369 e. The Morgan fingerprint density at radius 2 is 1.96 bits per heavy atom. The lowest BCUT2D eigenvalue weighted by atomic mass is 10.1. The first-order valence-electron chi connectivity index (χ1n) is 8.14. The van der Waals surface area contributed by atoms with Gasteiger partial charge in [-0.1, -0.05) is 17.7 Å². The molecule has 3 aromatic rings. The fourth-order valence-corrected chi connectivity index (χ4v) is 3.17. The predicted molar refractivity (Wildman–Crippen MR) is 99.3 cm³/mol. The zero-order valence-corrected chi connectivity index (χ0v) is 14.2. The molecule has 2 N–H and O–H groups in total. The highest BCUT2D eigenvalue weighted by Gasteiger charge is 2.14. The van der Waals surface area contributed by atoms with E-state index in [1.54, 1.807) is 12.1 Å². The number of halogens is 2. The molecule has 1 aliphatic heterocycles. The molecule has 0 amide bonds. The van der Waals surface area contributed by atoms with Crippen LogP contribution in [0.15, 0.2) is 42.7 Å². The van der Waals surface area contributed by atoms with Gasteiger partial charge in [0.25, 0.3) is 0 Å². The van der Waals surface area contributed by atoms with E-state index in [1.807, 2.05) is 12.1 Å². The first-order chi connectivity index (χ1) is 12.2. The molecule has 2 heterocycles. The number of hydrogen-bond acceptors (Lipinski definition) is 5. The van der Waals surface area contributed by atoms with Crippen molar-refractivity contribution in [3.8, 4) is 0 Å². The zero-order valence-electron chi connectivity index (χ0n) is 13.5. The fourth-order valence-electron chi connectivity index (χ4n) is 2.99. The second kappa shape index (κ2) is 6.82. The third kappa shape index (κ3) is 3.23. The van der Waals surface area contributed by atoms with Crippen molar-refractivity contribution in [2.75, 3.05) is 36.4 Å². The zero-order chi connectivity index (χ0) is 17.2. The van der Waals surface area contributed by atoms with Gasteiger partial charge in [0.05, 0.1) is 16.2 Å². The third-order valence-electron chi connectivity index (χ3n) is 4.31. The van der Waals surface area contributed by atoms with E-state index in [2.05, 4.69) is 31.6 Å². The number of hydrogen-bond donors (Lipinski definition) is 2. The van der Waals surface area contributed by atoms with E-state index < -0.39 is 5.82 Å². The molecule has 4 rings (SSSR count). The SMILES string of the molecule is Fc1c(Cl)cccc1Nc1ncnc2ccc(N3CCNCC3)cc12. The van der Waals surface area contributed by atoms with Crippen molar-refractivity contribution in [1.82, 2.24) is 15.3 Å². The second-order valence-corrected chi connectivity index (χ2v) is 6.29. The van der Waals surface area contributed by atoms with Crippen LogP contribution in [-0.4, -0.2) is 36.1 Å². The molecule has 128 valence electrons. The summed E-state index contributed by atoms with van der Waals surface area (Å²) >= 11 is 5.86. The first kappa shape index (κ1) is 16.1. The number of piperazine rings is 1. The molecule has 5 nitrogen and oxygen atoms in total. The van der Waals surface area contributed by atoms with Gasteiger partial charge in [-0.15, -0.1) is 0 Å². The summed E-state index contributed by atoms with van der Waals surface area (Å²) in [6, 6.07) is 10.9. The van der Waals surface area contributed by atoms with E-state index in [9.17, 15) is 4.39 Å². The summed E-state index contributed by atoms with van der Waals surface area (Å²) in [6.07, 6.45) is 1.47. The third-order valence-corrected chi connectivity index (χ3v) is 4.60. The molecule has 1 saturated heterocycles. The molecule has 0 saturated carbocycles. The molecule has 0 spiro atoms. The summed E-state index contributed by atoms with van der Waals surface area (Å²) in [5.41, 5.74) is 2.21. The van der Waals surface area contributed by atoms with Crippen LogP contribution in [-0.2, 0) is 0 Å². The summed E-state index contributed by atoms with van der Waals surface area (Å²) in [6.45, 7) is 3.82. The van der Waals surface area contributed by atoms with Crippen LogP contribution in [0.5, 0.6) is 0 Å². The minimum atomic E-state index is -0.491. The molecule has 0 atom stereocenters. The Hall–Kier alpha value is -2.44. The topological polar surface area (TPSA) is 53.1 Å². The Bertz CT molecular complexity index is 911. The van der Waals surface area contributed by atoms with Crippen LogP contribution in [0.25, 0.3) is 10.9 Å². The highest BCUT2D eigenvalue weighted by atomic mass is 35.5. The smallest absolute Gasteiger partial charge is 0.165 e. The molecule has 25 heavy (non-hydrogen) atoms. The largest absolute Gasteiger partial charge is 0.369 e. The molecule has 0 aliphatic carbocycles. The number of aromatic nitrogens is 2. The lowest BCUT2D eigenvalue weighted by Crippen LogP contribution is -2.43. The van der Waals surface area contributed by atoms with Crippen molar-refractivity contribution in [2.45, 2.75) is 0 Å². The van der Waals surface area contributed by atoms with Gasteiger partial charge in [-0.2, -0.15) is 0 Å². The van der Waals surface area contributed by atoms with Crippen LogP contribution in [0, 0.1) is 5.82 Å². The van der Waals surface area contributed by atoms with E-state index in [4.69, 9.17) is 11.6 Å². The molecule has 0 bridgehead atoms. The average Bonchev–Trinajstić information content (AvgIpc) is 2.66. The van der Waals surface area contributed by atoms with Crippen LogP contribution in [0.4, 0.5) is 21.6 Å². The van der Waals surface area contributed by atoms with Crippen LogP contribution in [0.1, 0.15) is 0 Å². The van der Waals surface area contributed by atoms with Gasteiger partial charge in [-0.3, -0.25) is 0 Å². The Kier molecular flexibility index (Phi) is 4.38. The summed E-state index contributed by atoms with van der Waals surface area (Å²) in [7, 11) is 0. The van der Waals surface area contributed by atoms with Crippen molar-refractivity contribution in [3.05, 3.63) is 53.6 Å². The Morgan fingerprint density at radius 1 is 1.12 bits per heavy atom. The molecule has 0 unspecified atom stereocenters. The molecule has 1 aromatic heterocycles. The van der Waals surface area contributed by atoms with Crippen LogP contribution in [0.2, 0.25) is 5.02 Å². The molecule has 2 aromatic carbocycles. The minimum absolute atomic E-state index is 0.0740. The second-order valence-electron chi connectivity index (χ2n) is 5.89. The van der Waals surface area contributed by atoms with E-state index in [0.717, 1.165) is 42.8 Å². The molecular weight excluding hydrogens is 341 g/mol. The van der Waals surface area contributed by atoms with Crippen LogP contribution < -0.4 is 15.5 Å². The van der Waals surface area contributed by atoms with Crippen LogP contribution in [0.3, 0.4) is 0 Å². The molecule has 1 aliphatic rings. The number of nitrogens with zero attached hydrogens (tertiary/aromatic N) is 3. The number of benzene rings is 2. The van der Waals surface area contributed by atoms with Gasteiger partial charge < -0.3 is 15.5 Å². The van der Waals surface area contributed by atoms with E-state index >= 15 is 0 Å². The molecule has 0 radical (unpaired) electrons. The van der Waals surface area contributed by atoms with Gasteiger partial charge in [0.2, 0.25) is 0 Å². The summed E-state index contributed by atoms with van der Waals surface area (Å²) < 4.78 is 14.2. The summed E-state index contributed by atoms with van der Waals surface area (Å²) in [4.78, 5) is 10.9. The number of nitrogens with one attached hydrogen (secondary N) is 2. The highest BCUT2D eigenvalue weighted by Crippen LogP contribution is 2.30. The van der Waals surface area contributed by atoms with Gasteiger partial charge >= 0.3 is 0 Å². The van der Waals surface area contributed by atoms with Crippen molar-refractivity contribution >= 4 is 39.7 Å². The number of rotatable bonds is 3. The Balaban J connectivity index is 1.74. The van der Waals surface area contributed by atoms with Gasteiger partial charge in [0, 0.05) is 37.3 Å². The summed E-state index contributed by atoms with van der Waals surface area (Å²) in [5.74, 6) is 0.0670. The van der Waals surface area contributed by atoms with Gasteiger partial charge in [0.15, 0.2) is 5.82 Å². The number of anilines is 3. The van der Waals surface area contributed by atoms with E-state index in [1.165, 1.54) is 12.4 Å². The summed E-state index contributed by atoms with van der Waals surface area (Å²) in [5, 5.41) is 7.31. The first-order valence-corrected chi connectivity index (χ1v) is 8.51. The highest BCUT2D eigenvalue weighted by molar-refractivity contribution is 6.31. The number of fused-ring (bicyclic) bond motifs is 1. The fraction of sp³-hybridized carbons (Fsp3) is 0.222. The molecule has 1 fully saturated rings. The van der Waals surface area contributed by atoms with Crippen molar-refractivity contribution in [1.29, 1.82) is 0 Å². The maximum absolute atomic E-state index is 14.2. The van der Waals surface area contributed by atoms with Crippen molar-refractivity contribution in [3.63, 3.8) is 0 Å². The lowest BCUT2D eigenvalue weighted by molar-refractivity contribution is 0.589. The molecule has 7 heteroatoms. The average molecular weight is 358 g/mol. The quantitative estimate of drug-likeness (QED) is 0.750. The predicted octanol–water partition coefficient (Wildman–Crippen LogP) is 3.58. The standard InChI is InChI=1S/C18H17ClFN5/c19-14-2-1-3-16(17(14)20)24-18-13-10-12(25-8-6-21-7-9-25)4-5-15(13)22-11-23-18/h1-5,10-11,21H,6-9H2,(H,22,23,24). The Labute approximate surface area is 149 Å². The maximum Gasteiger partial charge on any atom is 0.165 e. The normalized spacial score (nSPS) is 14.7.